The first-order chi connectivity index (χ1) is 11.0. The molecule has 2 aromatic carbocycles. The lowest BCUT2D eigenvalue weighted by Gasteiger charge is -2.11. The average molecular weight is 324 g/mol. The summed E-state index contributed by atoms with van der Waals surface area (Å²) >= 11 is 0. The number of rotatable bonds is 5. The Morgan fingerprint density at radius 1 is 1.09 bits per heavy atom. The van der Waals surface area contributed by atoms with Gasteiger partial charge < -0.3 is 15.4 Å². The Balaban J connectivity index is 1.80. The van der Waals surface area contributed by atoms with Crippen LogP contribution in [0.3, 0.4) is 0 Å². The molecule has 122 valence electrons. The molecule has 2 N–H and O–H groups in total. The molecule has 2 amide bonds. The van der Waals surface area contributed by atoms with Gasteiger partial charge in [-0.15, -0.1) is 0 Å². The number of anilines is 1. The zero-order valence-electron chi connectivity index (χ0n) is 12.3. The van der Waals surface area contributed by atoms with Gasteiger partial charge in [-0.05, 0) is 30.7 Å². The van der Waals surface area contributed by atoms with Crippen LogP contribution in [-0.4, -0.2) is 19.2 Å². The topological polar surface area (TPSA) is 50.4 Å². The van der Waals surface area contributed by atoms with Crippen LogP contribution in [0, 0.1) is 24.4 Å². The summed E-state index contributed by atoms with van der Waals surface area (Å²) < 4.78 is 44.7. The number of hydrogen-bond donors (Lipinski definition) is 2. The van der Waals surface area contributed by atoms with E-state index in [-0.39, 0.29) is 13.2 Å². The van der Waals surface area contributed by atoms with Crippen molar-refractivity contribution < 1.29 is 22.7 Å². The van der Waals surface area contributed by atoms with Crippen LogP contribution in [0.2, 0.25) is 0 Å². The highest BCUT2D eigenvalue weighted by atomic mass is 19.2. The molecule has 0 fully saturated rings. The zero-order chi connectivity index (χ0) is 16.8. The van der Waals surface area contributed by atoms with E-state index in [1.54, 1.807) is 6.07 Å². The Morgan fingerprint density at radius 2 is 1.83 bits per heavy atom. The van der Waals surface area contributed by atoms with E-state index in [0.29, 0.717) is 5.75 Å². The maximum absolute atomic E-state index is 13.4. The minimum Gasteiger partial charge on any atom is -0.491 e. The third kappa shape index (κ3) is 4.38. The smallest absolute Gasteiger partial charge is 0.319 e. The number of urea groups is 1. The number of nitrogens with one attached hydrogen (secondary N) is 2. The summed E-state index contributed by atoms with van der Waals surface area (Å²) in [5.41, 5.74) is 0.516. The highest BCUT2D eigenvalue weighted by molar-refractivity contribution is 5.89. The van der Waals surface area contributed by atoms with Gasteiger partial charge in [0.2, 0.25) is 0 Å². The Kier molecular flexibility index (Phi) is 5.46. The van der Waals surface area contributed by atoms with Gasteiger partial charge in [-0.3, -0.25) is 0 Å². The quantitative estimate of drug-likeness (QED) is 0.652. The molecule has 0 atom stereocenters. The summed E-state index contributed by atoms with van der Waals surface area (Å²) in [7, 11) is 0. The normalized spacial score (nSPS) is 10.3. The van der Waals surface area contributed by atoms with Crippen LogP contribution in [0.25, 0.3) is 0 Å². The van der Waals surface area contributed by atoms with E-state index >= 15 is 0 Å². The fourth-order valence-corrected chi connectivity index (χ4v) is 1.83. The number of benzene rings is 2. The van der Waals surface area contributed by atoms with Gasteiger partial charge in [0.25, 0.3) is 0 Å². The van der Waals surface area contributed by atoms with Crippen molar-refractivity contribution in [2.75, 3.05) is 18.5 Å². The summed E-state index contributed by atoms with van der Waals surface area (Å²) in [4.78, 5) is 11.6. The fourth-order valence-electron chi connectivity index (χ4n) is 1.83. The maximum atomic E-state index is 13.4. The molecule has 4 nitrogen and oxygen atoms in total. The lowest BCUT2D eigenvalue weighted by atomic mass is 10.2. The van der Waals surface area contributed by atoms with Crippen LogP contribution >= 0.6 is 0 Å². The van der Waals surface area contributed by atoms with Gasteiger partial charge in [-0.1, -0.05) is 18.2 Å². The Labute approximate surface area is 131 Å². The van der Waals surface area contributed by atoms with Crippen molar-refractivity contribution in [1.82, 2.24) is 5.32 Å². The van der Waals surface area contributed by atoms with Gasteiger partial charge >= 0.3 is 6.03 Å². The standard InChI is InChI=1S/C16H15F3N2O2/c1-10-4-2-3-5-13(10)23-9-8-20-16(22)21-12-7-6-11(17)14(18)15(12)19/h2-7H,8-9H2,1H3,(H2,20,21,22). The highest BCUT2D eigenvalue weighted by Gasteiger charge is 2.14. The van der Waals surface area contributed by atoms with Gasteiger partial charge in [0, 0.05) is 0 Å². The van der Waals surface area contributed by atoms with Gasteiger partial charge in [0.15, 0.2) is 17.5 Å². The minimum absolute atomic E-state index is 0.158. The van der Waals surface area contributed by atoms with Crippen molar-refractivity contribution >= 4 is 11.7 Å². The molecule has 0 aliphatic carbocycles. The lowest BCUT2D eigenvalue weighted by Crippen LogP contribution is -2.32. The monoisotopic (exact) mass is 324 g/mol. The molecule has 2 aromatic rings. The molecule has 0 aromatic heterocycles. The van der Waals surface area contributed by atoms with Crippen molar-refractivity contribution in [2.45, 2.75) is 6.92 Å². The predicted octanol–water partition coefficient (Wildman–Crippen LogP) is 3.61. The number of para-hydroxylation sites is 1. The molecule has 0 aliphatic heterocycles. The number of carbonyl (C=O) groups is 1. The van der Waals surface area contributed by atoms with Crippen molar-refractivity contribution in [3.05, 3.63) is 59.4 Å². The summed E-state index contributed by atoms with van der Waals surface area (Å²) in [6.07, 6.45) is 0. The van der Waals surface area contributed by atoms with Crippen LogP contribution in [-0.2, 0) is 0 Å². The van der Waals surface area contributed by atoms with Crippen LogP contribution in [0.15, 0.2) is 36.4 Å². The molecule has 7 heteroatoms. The van der Waals surface area contributed by atoms with Gasteiger partial charge in [0.05, 0.1) is 12.2 Å². The SMILES string of the molecule is Cc1ccccc1OCCNC(=O)Nc1ccc(F)c(F)c1F. The van der Waals surface area contributed by atoms with Gasteiger partial charge in [-0.25, -0.2) is 18.0 Å². The minimum atomic E-state index is -1.63. The molecule has 0 unspecified atom stereocenters. The van der Waals surface area contributed by atoms with E-state index in [4.69, 9.17) is 4.74 Å². The Bertz CT molecular complexity index is 708. The second-order valence-corrected chi connectivity index (χ2v) is 4.72. The third-order valence-corrected chi connectivity index (χ3v) is 3.02. The van der Waals surface area contributed by atoms with Crippen LogP contribution in [0.5, 0.6) is 5.75 Å². The van der Waals surface area contributed by atoms with Gasteiger partial charge in [0.1, 0.15) is 12.4 Å². The third-order valence-electron chi connectivity index (χ3n) is 3.02. The van der Waals surface area contributed by atoms with E-state index in [0.717, 1.165) is 17.7 Å². The van der Waals surface area contributed by atoms with E-state index in [9.17, 15) is 18.0 Å². The molecule has 23 heavy (non-hydrogen) atoms. The van der Waals surface area contributed by atoms with E-state index < -0.39 is 29.2 Å². The maximum Gasteiger partial charge on any atom is 0.319 e. The number of aryl methyl sites for hydroxylation is 1. The van der Waals surface area contributed by atoms with E-state index in [2.05, 4.69) is 10.6 Å². The average Bonchev–Trinajstić information content (AvgIpc) is 2.54. The summed E-state index contributed by atoms with van der Waals surface area (Å²) in [5, 5.41) is 4.53. The van der Waals surface area contributed by atoms with Crippen molar-refractivity contribution in [3.63, 3.8) is 0 Å². The van der Waals surface area contributed by atoms with Crippen molar-refractivity contribution in [3.8, 4) is 5.75 Å². The number of halogens is 3. The zero-order valence-corrected chi connectivity index (χ0v) is 12.3. The molecule has 0 aliphatic rings. The molecule has 0 heterocycles. The largest absolute Gasteiger partial charge is 0.491 e. The van der Waals surface area contributed by atoms with Crippen molar-refractivity contribution in [1.29, 1.82) is 0 Å². The summed E-state index contributed by atoms with van der Waals surface area (Å²) in [6, 6.07) is 8.32. The number of ether oxygens (including phenoxy) is 1. The Morgan fingerprint density at radius 3 is 2.57 bits per heavy atom. The number of carbonyl (C=O) groups excluding carboxylic acids is 1. The first kappa shape index (κ1) is 16.7. The molecule has 0 saturated carbocycles. The molecule has 0 spiro atoms. The summed E-state index contributed by atoms with van der Waals surface area (Å²) in [5.74, 6) is -3.71. The van der Waals surface area contributed by atoms with E-state index in [1.807, 2.05) is 25.1 Å². The van der Waals surface area contributed by atoms with Crippen LogP contribution < -0.4 is 15.4 Å². The van der Waals surface area contributed by atoms with E-state index in [1.165, 1.54) is 0 Å². The lowest BCUT2D eigenvalue weighted by molar-refractivity contribution is 0.247. The molecule has 2 rings (SSSR count). The fraction of sp³-hybridized carbons (Fsp3) is 0.188. The molecule has 0 bridgehead atoms. The highest BCUT2D eigenvalue weighted by Crippen LogP contribution is 2.19. The van der Waals surface area contributed by atoms with Crippen molar-refractivity contribution in [2.24, 2.45) is 0 Å². The molecule has 0 saturated heterocycles. The Hall–Kier alpha value is -2.70. The molecular formula is C16H15F3N2O2. The van der Waals surface area contributed by atoms with Crippen LogP contribution in [0.1, 0.15) is 5.56 Å². The first-order valence-electron chi connectivity index (χ1n) is 6.86. The van der Waals surface area contributed by atoms with Gasteiger partial charge in [-0.2, -0.15) is 0 Å². The molecular weight excluding hydrogens is 309 g/mol. The molecule has 0 radical (unpaired) electrons. The second-order valence-electron chi connectivity index (χ2n) is 4.72. The predicted molar refractivity (Wildman–Crippen MR) is 80.0 cm³/mol. The second kappa shape index (κ2) is 7.53. The number of hydrogen-bond acceptors (Lipinski definition) is 2. The first-order valence-corrected chi connectivity index (χ1v) is 6.86. The summed E-state index contributed by atoms with van der Waals surface area (Å²) in [6.45, 7) is 2.26. The number of amides is 2. The van der Waals surface area contributed by atoms with Crippen LogP contribution in [0.4, 0.5) is 23.7 Å².